The molecule has 3 heterocycles. The van der Waals surface area contributed by atoms with Crippen molar-refractivity contribution in [1.82, 2.24) is 24.5 Å². The number of piperidine rings is 1. The minimum Gasteiger partial charge on any atom is -0.339 e. The second kappa shape index (κ2) is 10.2. The molecule has 1 amide bonds. The van der Waals surface area contributed by atoms with Gasteiger partial charge in [0.1, 0.15) is 0 Å². The van der Waals surface area contributed by atoms with Gasteiger partial charge >= 0.3 is 0 Å². The zero-order valence-electron chi connectivity index (χ0n) is 18.9. The lowest BCUT2D eigenvalue weighted by Gasteiger charge is -2.43. The van der Waals surface area contributed by atoms with E-state index in [9.17, 15) is 4.79 Å². The molecule has 30 heavy (non-hydrogen) atoms. The molecule has 0 aromatic heterocycles. The van der Waals surface area contributed by atoms with Gasteiger partial charge in [-0.25, -0.2) is 0 Å². The third-order valence-electron chi connectivity index (χ3n) is 7.10. The topological polar surface area (TPSA) is 33.3 Å². The second-order valence-electron chi connectivity index (χ2n) is 9.52. The number of likely N-dealkylation sites (N-methyl/N-ethyl adjacent to an activating group) is 1. The Morgan fingerprint density at radius 1 is 0.967 bits per heavy atom. The first-order chi connectivity index (χ1) is 14.6. The average Bonchev–Trinajstić information content (AvgIpc) is 2.75. The van der Waals surface area contributed by atoms with Gasteiger partial charge in [-0.15, -0.1) is 0 Å². The van der Waals surface area contributed by atoms with Crippen LogP contribution in [0.4, 0.5) is 0 Å². The molecule has 1 aromatic carbocycles. The minimum atomic E-state index is 0.316. The summed E-state index contributed by atoms with van der Waals surface area (Å²) in [6.45, 7) is 14.1. The van der Waals surface area contributed by atoms with E-state index in [1.165, 1.54) is 37.1 Å². The Morgan fingerprint density at radius 3 is 2.40 bits per heavy atom. The van der Waals surface area contributed by atoms with E-state index >= 15 is 0 Å². The molecule has 4 rings (SSSR count). The summed E-state index contributed by atoms with van der Waals surface area (Å²) in [6.07, 6.45) is 2.64. The summed E-state index contributed by atoms with van der Waals surface area (Å²) in [5, 5.41) is 0. The SMILES string of the molecule is Cc1cccc(CN2CCN(C(=O)CN3CCN(C4CCCN(C)C4)CC3)CC2)c1. The Morgan fingerprint density at radius 2 is 1.70 bits per heavy atom. The van der Waals surface area contributed by atoms with Gasteiger partial charge in [-0.1, -0.05) is 29.8 Å². The fourth-order valence-corrected chi connectivity index (χ4v) is 5.24. The van der Waals surface area contributed by atoms with E-state index in [0.29, 0.717) is 18.5 Å². The van der Waals surface area contributed by atoms with Crippen molar-refractivity contribution in [2.24, 2.45) is 0 Å². The molecule has 1 unspecified atom stereocenters. The number of carbonyl (C=O) groups is 1. The van der Waals surface area contributed by atoms with Crippen LogP contribution in [0, 0.1) is 6.92 Å². The average molecular weight is 414 g/mol. The standard InChI is InChI=1S/C24H39N5O/c1-21-5-3-6-22(17-21)18-26-11-15-29(16-12-26)24(30)20-27-9-13-28(14-10-27)23-7-4-8-25(2)19-23/h3,5-6,17,23H,4,7-16,18-20H2,1-2H3. The summed E-state index contributed by atoms with van der Waals surface area (Å²) in [4.78, 5) is 24.9. The lowest BCUT2D eigenvalue weighted by molar-refractivity contribution is -0.134. The van der Waals surface area contributed by atoms with E-state index < -0.39 is 0 Å². The minimum absolute atomic E-state index is 0.316. The van der Waals surface area contributed by atoms with Crippen molar-refractivity contribution >= 4 is 5.91 Å². The molecule has 0 radical (unpaired) electrons. The molecule has 1 aromatic rings. The zero-order valence-corrected chi connectivity index (χ0v) is 18.9. The second-order valence-corrected chi connectivity index (χ2v) is 9.52. The first-order valence-electron chi connectivity index (χ1n) is 11.8. The van der Waals surface area contributed by atoms with Crippen LogP contribution in [0.15, 0.2) is 24.3 Å². The summed E-state index contributed by atoms with van der Waals surface area (Å²) in [5.41, 5.74) is 2.69. The van der Waals surface area contributed by atoms with Crippen molar-refractivity contribution in [1.29, 1.82) is 0 Å². The number of hydrogen-bond acceptors (Lipinski definition) is 5. The van der Waals surface area contributed by atoms with Crippen molar-refractivity contribution in [3.63, 3.8) is 0 Å². The van der Waals surface area contributed by atoms with Crippen LogP contribution >= 0.6 is 0 Å². The number of rotatable bonds is 5. The third kappa shape index (κ3) is 5.82. The van der Waals surface area contributed by atoms with Crippen molar-refractivity contribution in [2.45, 2.75) is 32.4 Å². The van der Waals surface area contributed by atoms with Crippen molar-refractivity contribution in [2.75, 3.05) is 79.0 Å². The molecule has 3 saturated heterocycles. The van der Waals surface area contributed by atoms with Gasteiger partial charge in [0.25, 0.3) is 0 Å². The molecule has 0 aliphatic carbocycles. The van der Waals surface area contributed by atoms with Crippen LogP contribution in [0.5, 0.6) is 0 Å². The van der Waals surface area contributed by atoms with Gasteiger partial charge < -0.3 is 9.80 Å². The maximum Gasteiger partial charge on any atom is 0.236 e. The molecule has 6 heteroatoms. The monoisotopic (exact) mass is 413 g/mol. The van der Waals surface area contributed by atoms with Crippen molar-refractivity contribution in [3.8, 4) is 0 Å². The molecule has 0 N–H and O–H groups in total. The predicted molar refractivity (Wildman–Crippen MR) is 122 cm³/mol. The first kappa shape index (κ1) is 21.8. The lowest BCUT2D eigenvalue weighted by Crippen LogP contribution is -2.56. The van der Waals surface area contributed by atoms with E-state index in [1.54, 1.807) is 0 Å². The fourth-order valence-electron chi connectivity index (χ4n) is 5.24. The zero-order chi connectivity index (χ0) is 20.9. The molecule has 3 aliphatic heterocycles. The highest BCUT2D eigenvalue weighted by Gasteiger charge is 2.29. The van der Waals surface area contributed by atoms with Crippen LogP contribution in [0.25, 0.3) is 0 Å². The highest BCUT2D eigenvalue weighted by molar-refractivity contribution is 5.78. The van der Waals surface area contributed by atoms with Gasteiger partial charge in [-0.2, -0.15) is 0 Å². The molecule has 3 fully saturated rings. The molecule has 0 spiro atoms. The number of nitrogens with zero attached hydrogens (tertiary/aromatic N) is 5. The van der Waals surface area contributed by atoms with Crippen molar-refractivity contribution < 1.29 is 4.79 Å². The summed E-state index contributed by atoms with van der Waals surface area (Å²) in [7, 11) is 2.24. The third-order valence-corrected chi connectivity index (χ3v) is 7.10. The number of hydrogen-bond donors (Lipinski definition) is 0. The molecular weight excluding hydrogens is 374 g/mol. The van der Waals surface area contributed by atoms with Crippen LogP contribution in [0.3, 0.4) is 0 Å². The summed E-state index contributed by atoms with van der Waals surface area (Å²) < 4.78 is 0. The predicted octanol–water partition coefficient (Wildman–Crippen LogP) is 1.35. The molecule has 1 atom stereocenters. The molecule has 0 saturated carbocycles. The highest BCUT2D eigenvalue weighted by atomic mass is 16.2. The molecule has 6 nitrogen and oxygen atoms in total. The summed E-state index contributed by atoms with van der Waals surface area (Å²) in [6, 6.07) is 9.46. The smallest absolute Gasteiger partial charge is 0.236 e. The van der Waals surface area contributed by atoms with Crippen molar-refractivity contribution in [3.05, 3.63) is 35.4 Å². The van der Waals surface area contributed by atoms with Gasteiger partial charge in [-0.3, -0.25) is 19.5 Å². The van der Waals surface area contributed by atoms with Gasteiger partial charge in [0.2, 0.25) is 5.91 Å². The van der Waals surface area contributed by atoms with Crippen LogP contribution in [-0.4, -0.2) is 115 Å². The Balaban J connectivity index is 1.16. The Kier molecular flexibility index (Phi) is 7.41. The number of benzene rings is 1. The van der Waals surface area contributed by atoms with Crippen LogP contribution in [-0.2, 0) is 11.3 Å². The Labute approximate surface area is 182 Å². The summed E-state index contributed by atoms with van der Waals surface area (Å²) >= 11 is 0. The Bertz CT molecular complexity index is 695. The Hall–Kier alpha value is -1.47. The number of carbonyl (C=O) groups excluding carboxylic acids is 1. The van der Waals surface area contributed by atoms with E-state index in [2.05, 4.69) is 62.7 Å². The maximum absolute atomic E-state index is 12.8. The maximum atomic E-state index is 12.8. The van der Waals surface area contributed by atoms with Crippen LogP contribution in [0.1, 0.15) is 24.0 Å². The largest absolute Gasteiger partial charge is 0.339 e. The normalized spacial score (nSPS) is 25.5. The molecule has 166 valence electrons. The number of piperazine rings is 2. The fraction of sp³-hybridized carbons (Fsp3) is 0.708. The van der Waals surface area contributed by atoms with Gasteiger partial charge in [0, 0.05) is 71.5 Å². The number of aryl methyl sites for hydroxylation is 1. The highest BCUT2D eigenvalue weighted by Crippen LogP contribution is 2.17. The van der Waals surface area contributed by atoms with Gasteiger partial charge in [0.05, 0.1) is 6.54 Å². The number of likely N-dealkylation sites (tertiary alicyclic amines) is 1. The van der Waals surface area contributed by atoms with Gasteiger partial charge in [-0.05, 0) is 38.9 Å². The van der Waals surface area contributed by atoms with E-state index in [-0.39, 0.29) is 0 Å². The molecule has 0 bridgehead atoms. The van der Waals surface area contributed by atoms with E-state index in [4.69, 9.17) is 0 Å². The molecular formula is C24H39N5O. The summed E-state index contributed by atoms with van der Waals surface area (Å²) in [5.74, 6) is 0.316. The lowest BCUT2D eigenvalue weighted by atomic mass is 10.0. The van der Waals surface area contributed by atoms with E-state index in [0.717, 1.165) is 58.9 Å². The van der Waals surface area contributed by atoms with Gasteiger partial charge in [0.15, 0.2) is 0 Å². The first-order valence-corrected chi connectivity index (χ1v) is 11.8. The van der Waals surface area contributed by atoms with Crippen LogP contribution < -0.4 is 0 Å². The van der Waals surface area contributed by atoms with Crippen LogP contribution in [0.2, 0.25) is 0 Å². The van der Waals surface area contributed by atoms with E-state index in [1.807, 2.05) is 0 Å². The molecule has 3 aliphatic rings. The number of amides is 1. The quantitative estimate of drug-likeness (QED) is 0.728.